The minimum absolute atomic E-state index is 0.00771. The van der Waals surface area contributed by atoms with Gasteiger partial charge in [-0.05, 0) is 5.92 Å². The van der Waals surface area contributed by atoms with Crippen LogP contribution in [-0.4, -0.2) is 65.6 Å². The van der Waals surface area contributed by atoms with E-state index in [-0.39, 0.29) is 35.1 Å². The van der Waals surface area contributed by atoms with Crippen LogP contribution in [0.25, 0.3) is 11.4 Å². The van der Waals surface area contributed by atoms with Crippen molar-refractivity contribution in [3.8, 4) is 11.4 Å². The molecule has 1 saturated heterocycles. The number of hydrogen-bond donors (Lipinski definition) is 1. The third kappa shape index (κ3) is 5.35. The van der Waals surface area contributed by atoms with Gasteiger partial charge in [-0.1, -0.05) is 6.92 Å². The summed E-state index contributed by atoms with van der Waals surface area (Å²) in [7, 11) is 1.54. The van der Waals surface area contributed by atoms with Crippen LogP contribution in [-0.2, 0) is 7.05 Å². The number of nitrogens with one attached hydrogen (secondary N) is 1. The fourth-order valence-corrected chi connectivity index (χ4v) is 4.01. The topological polar surface area (TPSA) is 102 Å². The Morgan fingerprint density at radius 3 is 2.46 bits per heavy atom. The number of carbonyl (C=O) groups excluding carboxylic acids is 1. The lowest BCUT2D eigenvalue weighted by Gasteiger charge is -2.43. The van der Waals surface area contributed by atoms with E-state index in [4.69, 9.17) is 0 Å². The number of aromatic nitrogens is 6. The molecule has 4 rings (SSSR count). The fourth-order valence-electron chi connectivity index (χ4n) is 4.01. The van der Waals surface area contributed by atoms with Crippen molar-refractivity contribution in [2.45, 2.75) is 31.7 Å². The van der Waals surface area contributed by atoms with Gasteiger partial charge in [-0.2, -0.15) is 5.10 Å². The van der Waals surface area contributed by atoms with Crippen LogP contribution < -0.4 is 5.32 Å². The van der Waals surface area contributed by atoms with Gasteiger partial charge in [-0.15, -0.1) is 0 Å². The van der Waals surface area contributed by atoms with Crippen LogP contribution in [0.3, 0.4) is 0 Å². The molecule has 4 heterocycles. The van der Waals surface area contributed by atoms with Crippen LogP contribution in [0.1, 0.15) is 35.8 Å². The number of rotatable bonds is 6. The number of hydrogen-bond acceptors (Lipinski definition) is 7. The number of aryl methyl sites for hydroxylation is 1. The number of carbonyl (C=O) groups is 1. The first-order valence-corrected chi connectivity index (χ1v) is 10.6. The SMILES string of the molecule is C[C@@H]1CC(F)(F)CN(C(=O)c2nn(C)cc2-c2ncc(F)cn2)[C@@H]1CNc1ncc(C(F)F)cn1. The Balaban J connectivity index is 1.61. The van der Waals surface area contributed by atoms with E-state index in [2.05, 4.69) is 30.4 Å². The van der Waals surface area contributed by atoms with Crippen LogP contribution in [0.4, 0.5) is 27.9 Å². The van der Waals surface area contributed by atoms with E-state index >= 15 is 0 Å². The van der Waals surface area contributed by atoms with E-state index in [0.29, 0.717) is 0 Å². The first-order valence-electron chi connectivity index (χ1n) is 10.6. The van der Waals surface area contributed by atoms with Crippen molar-refractivity contribution in [1.82, 2.24) is 34.6 Å². The summed E-state index contributed by atoms with van der Waals surface area (Å²) in [5, 5.41) is 6.96. The standard InChI is InChI=1S/C21H21F5N8O/c1-11-3-21(25,26)10-34(15(11)8-31-20-29-4-12(5-30-20)17(23)24)19(35)16-14(9-33(2)32-16)18-27-6-13(22)7-28-18/h4-7,9,11,15,17H,3,8,10H2,1-2H3,(H,29,30,31)/t11-,15-/m1/s1. The zero-order valence-corrected chi connectivity index (χ0v) is 18.7. The van der Waals surface area contributed by atoms with E-state index in [1.807, 2.05) is 0 Å². The molecule has 9 nitrogen and oxygen atoms in total. The van der Waals surface area contributed by atoms with Gasteiger partial charge in [0.15, 0.2) is 17.3 Å². The second-order valence-electron chi connectivity index (χ2n) is 8.35. The minimum Gasteiger partial charge on any atom is -0.352 e. The first-order chi connectivity index (χ1) is 16.5. The minimum atomic E-state index is -3.14. The number of likely N-dealkylation sites (tertiary alicyclic amines) is 1. The van der Waals surface area contributed by atoms with Crippen molar-refractivity contribution in [2.24, 2.45) is 13.0 Å². The fraction of sp³-hybridized carbons (Fsp3) is 0.429. The van der Waals surface area contributed by atoms with Gasteiger partial charge in [-0.25, -0.2) is 41.9 Å². The van der Waals surface area contributed by atoms with Crippen LogP contribution in [0.15, 0.2) is 31.0 Å². The molecule has 1 aliphatic rings. The average Bonchev–Trinajstić information content (AvgIpc) is 3.19. The third-order valence-corrected chi connectivity index (χ3v) is 5.63. The quantitative estimate of drug-likeness (QED) is 0.523. The van der Waals surface area contributed by atoms with Crippen LogP contribution in [0.5, 0.6) is 0 Å². The molecule has 2 atom stereocenters. The Labute approximate surface area is 196 Å². The van der Waals surface area contributed by atoms with E-state index in [9.17, 15) is 26.7 Å². The highest BCUT2D eigenvalue weighted by Crippen LogP contribution is 2.36. The van der Waals surface area contributed by atoms with Crippen LogP contribution >= 0.6 is 0 Å². The zero-order chi connectivity index (χ0) is 25.3. The normalized spacial score (nSPS) is 19.7. The van der Waals surface area contributed by atoms with E-state index in [0.717, 1.165) is 29.7 Å². The Morgan fingerprint density at radius 1 is 1.17 bits per heavy atom. The van der Waals surface area contributed by atoms with Gasteiger partial charge in [0, 0.05) is 38.6 Å². The summed E-state index contributed by atoms with van der Waals surface area (Å²) in [5.74, 6) is -5.19. The monoisotopic (exact) mass is 496 g/mol. The molecule has 186 valence electrons. The zero-order valence-electron chi connectivity index (χ0n) is 18.7. The molecule has 1 aliphatic heterocycles. The highest BCUT2D eigenvalue weighted by atomic mass is 19.3. The molecular weight excluding hydrogens is 475 g/mol. The van der Waals surface area contributed by atoms with Crippen LogP contribution in [0.2, 0.25) is 0 Å². The van der Waals surface area contributed by atoms with Crippen molar-refractivity contribution in [3.05, 3.63) is 48.1 Å². The number of piperidine rings is 1. The smallest absolute Gasteiger partial charge is 0.275 e. The summed E-state index contributed by atoms with van der Waals surface area (Å²) >= 11 is 0. The van der Waals surface area contributed by atoms with Crippen molar-refractivity contribution >= 4 is 11.9 Å². The van der Waals surface area contributed by atoms with Gasteiger partial charge < -0.3 is 10.2 Å². The summed E-state index contributed by atoms with van der Waals surface area (Å²) in [6.45, 7) is 0.725. The van der Waals surface area contributed by atoms with Crippen molar-refractivity contribution < 1.29 is 26.7 Å². The van der Waals surface area contributed by atoms with Gasteiger partial charge in [0.05, 0.1) is 36.1 Å². The average molecular weight is 496 g/mol. The van der Waals surface area contributed by atoms with E-state index < -0.39 is 49.0 Å². The summed E-state index contributed by atoms with van der Waals surface area (Å²) in [6, 6.07) is -0.718. The maximum atomic E-state index is 14.5. The number of alkyl halides is 4. The number of nitrogens with zero attached hydrogens (tertiary/aromatic N) is 7. The third-order valence-electron chi connectivity index (χ3n) is 5.63. The molecule has 1 N–H and O–H groups in total. The molecule has 0 radical (unpaired) electrons. The lowest BCUT2D eigenvalue weighted by molar-refractivity contribution is -0.0898. The molecule has 1 fully saturated rings. The van der Waals surface area contributed by atoms with Gasteiger partial charge in [0.1, 0.15) is 0 Å². The Morgan fingerprint density at radius 2 is 1.83 bits per heavy atom. The molecule has 14 heteroatoms. The largest absolute Gasteiger partial charge is 0.352 e. The first kappa shape index (κ1) is 24.4. The molecule has 0 unspecified atom stereocenters. The second-order valence-corrected chi connectivity index (χ2v) is 8.35. The van der Waals surface area contributed by atoms with Crippen molar-refractivity contribution in [1.29, 1.82) is 0 Å². The van der Waals surface area contributed by atoms with Gasteiger partial charge in [0.2, 0.25) is 5.95 Å². The highest BCUT2D eigenvalue weighted by Gasteiger charge is 2.47. The molecule has 0 aliphatic carbocycles. The molecule has 1 amide bonds. The molecular formula is C21H21F5N8O. The van der Waals surface area contributed by atoms with Crippen molar-refractivity contribution in [3.63, 3.8) is 0 Å². The highest BCUT2D eigenvalue weighted by molar-refractivity contribution is 5.98. The predicted octanol–water partition coefficient (Wildman–Crippen LogP) is 3.34. The summed E-state index contributed by atoms with van der Waals surface area (Å²) in [6.07, 6.45) is 2.03. The van der Waals surface area contributed by atoms with Gasteiger partial charge >= 0.3 is 0 Å². The summed E-state index contributed by atoms with van der Waals surface area (Å²) < 4.78 is 69.0. The van der Waals surface area contributed by atoms with Gasteiger partial charge in [0.25, 0.3) is 18.3 Å². The number of anilines is 1. The second kappa shape index (κ2) is 9.50. The lowest BCUT2D eigenvalue weighted by atomic mass is 9.88. The van der Waals surface area contributed by atoms with Crippen LogP contribution in [0, 0.1) is 11.7 Å². The van der Waals surface area contributed by atoms with E-state index in [1.54, 1.807) is 6.92 Å². The summed E-state index contributed by atoms with van der Waals surface area (Å²) in [4.78, 5) is 29.9. The number of amides is 1. The molecule has 0 bridgehead atoms. The molecule has 0 aromatic carbocycles. The molecule has 0 saturated carbocycles. The Hall–Kier alpha value is -3.71. The van der Waals surface area contributed by atoms with E-state index in [1.165, 1.54) is 17.9 Å². The van der Waals surface area contributed by atoms with Gasteiger partial charge in [-0.3, -0.25) is 9.48 Å². The number of halogens is 5. The predicted molar refractivity (Wildman–Crippen MR) is 113 cm³/mol. The molecule has 0 spiro atoms. The maximum Gasteiger partial charge on any atom is 0.275 e. The molecule has 3 aromatic rings. The maximum absolute atomic E-state index is 14.5. The Kier molecular flexibility index (Phi) is 6.63. The molecule has 3 aromatic heterocycles. The summed E-state index contributed by atoms with van der Waals surface area (Å²) in [5.41, 5.74) is -0.355. The molecule has 35 heavy (non-hydrogen) atoms. The Bertz CT molecular complexity index is 1190. The lowest BCUT2D eigenvalue weighted by Crippen LogP contribution is -2.57. The van der Waals surface area contributed by atoms with Crippen molar-refractivity contribution in [2.75, 3.05) is 18.4 Å².